The summed E-state index contributed by atoms with van der Waals surface area (Å²) in [6, 6.07) is 12.4. The number of carbonyl (C=O) groups is 1. The third kappa shape index (κ3) is 2.96. The number of tetrazole rings is 1. The zero-order chi connectivity index (χ0) is 15.5. The molecule has 110 valence electrons. The van der Waals surface area contributed by atoms with Crippen molar-refractivity contribution in [2.45, 2.75) is 6.92 Å². The van der Waals surface area contributed by atoms with Gasteiger partial charge in [-0.15, -0.1) is 5.10 Å². The number of amides is 1. The van der Waals surface area contributed by atoms with E-state index < -0.39 is 0 Å². The fourth-order valence-electron chi connectivity index (χ4n) is 1.96. The van der Waals surface area contributed by atoms with Crippen molar-refractivity contribution < 1.29 is 4.79 Å². The lowest BCUT2D eigenvalue weighted by atomic mass is 10.1. The summed E-state index contributed by atoms with van der Waals surface area (Å²) in [6.07, 6.45) is 1.49. The lowest BCUT2D eigenvalue weighted by Crippen LogP contribution is -2.12. The lowest BCUT2D eigenvalue weighted by molar-refractivity contribution is 0.102. The van der Waals surface area contributed by atoms with E-state index >= 15 is 0 Å². The van der Waals surface area contributed by atoms with Gasteiger partial charge in [-0.05, 0) is 59.3 Å². The standard InChI is InChI=1S/C15H12ClN5O/c1-10-2-7-14(13(16)8-10)18-15(22)11-3-5-12(6-4-11)21-9-17-19-20-21/h2-9H,1H3,(H,18,22). The average molecular weight is 314 g/mol. The van der Waals surface area contributed by atoms with Crippen molar-refractivity contribution in [3.05, 3.63) is 64.9 Å². The highest BCUT2D eigenvalue weighted by Crippen LogP contribution is 2.23. The zero-order valence-electron chi connectivity index (χ0n) is 11.7. The van der Waals surface area contributed by atoms with Gasteiger partial charge in [-0.2, -0.15) is 0 Å². The highest BCUT2D eigenvalue weighted by molar-refractivity contribution is 6.34. The second kappa shape index (κ2) is 5.95. The third-order valence-corrected chi connectivity index (χ3v) is 3.43. The van der Waals surface area contributed by atoms with Crippen LogP contribution in [-0.2, 0) is 0 Å². The molecule has 0 saturated heterocycles. The van der Waals surface area contributed by atoms with E-state index in [1.54, 1.807) is 36.4 Å². The predicted molar refractivity (Wildman–Crippen MR) is 83.3 cm³/mol. The smallest absolute Gasteiger partial charge is 0.255 e. The fourth-order valence-corrected chi connectivity index (χ4v) is 2.24. The van der Waals surface area contributed by atoms with Gasteiger partial charge in [0.05, 0.1) is 16.4 Å². The minimum Gasteiger partial charge on any atom is -0.321 e. The Bertz CT molecular complexity index is 799. The lowest BCUT2D eigenvalue weighted by Gasteiger charge is -2.08. The molecule has 3 aromatic rings. The van der Waals surface area contributed by atoms with Gasteiger partial charge in [0.1, 0.15) is 6.33 Å². The second-order valence-corrected chi connectivity index (χ2v) is 5.15. The van der Waals surface area contributed by atoms with E-state index in [4.69, 9.17) is 11.6 Å². The molecule has 0 bridgehead atoms. The summed E-state index contributed by atoms with van der Waals surface area (Å²) in [5.41, 5.74) is 2.92. The molecule has 0 fully saturated rings. The van der Waals surface area contributed by atoms with Crippen LogP contribution in [0.15, 0.2) is 48.8 Å². The second-order valence-electron chi connectivity index (χ2n) is 4.74. The minimum atomic E-state index is -0.228. The summed E-state index contributed by atoms with van der Waals surface area (Å²) in [5, 5.41) is 14.2. The van der Waals surface area contributed by atoms with Gasteiger partial charge >= 0.3 is 0 Å². The molecule has 0 unspecified atom stereocenters. The molecule has 1 amide bonds. The van der Waals surface area contributed by atoms with Crippen molar-refractivity contribution in [1.82, 2.24) is 20.2 Å². The van der Waals surface area contributed by atoms with E-state index in [9.17, 15) is 4.79 Å². The van der Waals surface area contributed by atoms with Crippen molar-refractivity contribution in [3.8, 4) is 5.69 Å². The Hall–Kier alpha value is -2.73. The quantitative estimate of drug-likeness (QED) is 0.807. The maximum absolute atomic E-state index is 12.2. The number of nitrogens with one attached hydrogen (secondary N) is 1. The Balaban J connectivity index is 1.77. The molecule has 22 heavy (non-hydrogen) atoms. The molecule has 6 nitrogen and oxygen atoms in total. The number of nitrogens with zero attached hydrogens (tertiary/aromatic N) is 4. The predicted octanol–water partition coefficient (Wildman–Crippen LogP) is 2.88. The number of halogens is 1. The van der Waals surface area contributed by atoms with E-state index in [1.165, 1.54) is 11.0 Å². The maximum Gasteiger partial charge on any atom is 0.255 e. The first-order valence-electron chi connectivity index (χ1n) is 6.54. The molecule has 0 spiro atoms. The molecule has 1 heterocycles. The van der Waals surface area contributed by atoms with Crippen LogP contribution in [0.1, 0.15) is 15.9 Å². The topological polar surface area (TPSA) is 72.7 Å². The van der Waals surface area contributed by atoms with Gasteiger partial charge < -0.3 is 5.32 Å². The molecular weight excluding hydrogens is 302 g/mol. The van der Waals surface area contributed by atoms with Crippen LogP contribution < -0.4 is 5.32 Å². The van der Waals surface area contributed by atoms with Crippen molar-refractivity contribution >= 4 is 23.2 Å². The SMILES string of the molecule is Cc1ccc(NC(=O)c2ccc(-n3cnnn3)cc2)c(Cl)c1. The monoisotopic (exact) mass is 313 g/mol. The van der Waals surface area contributed by atoms with Crippen LogP contribution in [0, 0.1) is 6.92 Å². The number of anilines is 1. The van der Waals surface area contributed by atoms with Gasteiger partial charge in [0, 0.05) is 5.56 Å². The summed E-state index contributed by atoms with van der Waals surface area (Å²) < 4.78 is 1.51. The normalized spacial score (nSPS) is 10.5. The van der Waals surface area contributed by atoms with Crippen LogP contribution in [0.4, 0.5) is 5.69 Å². The van der Waals surface area contributed by atoms with E-state index in [0.717, 1.165) is 11.3 Å². The molecule has 0 aliphatic rings. The van der Waals surface area contributed by atoms with Gasteiger partial charge in [0.25, 0.3) is 5.91 Å². The highest BCUT2D eigenvalue weighted by Gasteiger charge is 2.09. The molecule has 1 aromatic heterocycles. The Morgan fingerprint density at radius 1 is 1.18 bits per heavy atom. The Morgan fingerprint density at radius 2 is 1.95 bits per heavy atom. The van der Waals surface area contributed by atoms with Crippen LogP contribution in [0.5, 0.6) is 0 Å². The van der Waals surface area contributed by atoms with Gasteiger partial charge in [0.2, 0.25) is 0 Å². The summed E-state index contributed by atoms with van der Waals surface area (Å²) in [6.45, 7) is 1.94. The molecule has 3 rings (SSSR count). The van der Waals surface area contributed by atoms with Crippen LogP contribution in [0.2, 0.25) is 5.02 Å². The molecule has 2 aromatic carbocycles. The molecular formula is C15H12ClN5O. The van der Waals surface area contributed by atoms with E-state index in [1.807, 2.05) is 13.0 Å². The molecule has 0 aliphatic carbocycles. The zero-order valence-corrected chi connectivity index (χ0v) is 12.4. The van der Waals surface area contributed by atoms with Crippen molar-refractivity contribution in [2.24, 2.45) is 0 Å². The average Bonchev–Trinajstić information content (AvgIpc) is 3.04. The molecule has 0 atom stereocenters. The molecule has 0 radical (unpaired) electrons. The Labute approximate surface area is 131 Å². The van der Waals surface area contributed by atoms with Gasteiger partial charge in [0.15, 0.2) is 0 Å². The van der Waals surface area contributed by atoms with E-state index in [2.05, 4.69) is 20.8 Å². The number of aromatic nitrogens is 4. The van der Waals surface area contributed by atoms with Gasteiger partial charge in [-0.1, -0.05) is 17.7 Å². The first kappa shape index (κ1) is 14.2. The largest absolute Gasteiger partial charge is 0.321 e. The van der Waals surface area contributed by atoms with E-state index in [0.29, 0.717) is 16.3 Å². The molecule has 7 heteroatoms. The number of aryl methyl sites for hydroxylation is 1. The Kier molecular flexibility index (Phi) is 3.84. The molecule has 0 aliphatic heterocycles. The number of hydrogen-bond donors (Lipinski definition) is 1. The number of carbonyl (C=O) groups excluding carboxylic acids is 1. The van der Waals surface area contributed by atoms with Crippen molar-refractivity contribution in [1.29, 1.82) is 0 Å². The minimum absolute atomic E-state index is 0.228. The summed E-state index contributed by atoms with van der Waals surface area (Å²) in [4.78, 5) is 12.2. The fraction of sp³-hybridized carbons (Fsp3) is 0.0667. The highest BCUT2D eigenvalue weighted by atomic mass is 35.5. The first-order chi connectivity index (χ1) is 10.6. The van der Waals surface area contributed by atoms with Gasteiger partial charge in [-0.3, -0.25) is 4.79 Å². The van der Waals surface area contributed by atoms with Crippen LogP contribution >= 0.6 is 11.6 Å². The molecule has 0 saturated carbocycles. The number of benzene rings is 2. The molecule has 1 N–H and O–H groups in total. The van der Waals surface area contributed by atoms with Crippen LogP contribution in [-0.4, -0.2) is 26.1 Å². The summed E-state index contributed by atoms with van der Waals surface area (Å²) in [5.74, 6) is -0.228. The summed E-state index contributed by atoms with van der Waals surface area (Å²) >= 11 is 6.11. The number of hydrogen-bond acceptors (Lipinski definition) is 4. The summed E-state index contributed by atoms with van der Waals surface area (Å²) in [7, 11) is 0. The van der Waals surface area contributed by atoms with Gasteiger partial charge in [-0.25, -0.2) is 4.68 Å². The van der Waals surface area contributed by atoms with Crippen molar-refractivity contribution in [3.63, 3.8) is 0 Å². The van der Waals surface area contributed by atoms with Crippen LogP contribution in [0.3, 0.4) is 0 Å². The van der Waals surface area contributed by atoms with Crippen LogP contribution in [0.25, 0.3) is 5.69 Å². The van der Waals surface area contributed by atoms with Crippen molar-refractivity contribution in [2.75, 3.05) is 5.32 Å². The third-order valence-electron chi connectivity index (χ3n) is 3.12. The Morgan fingerprint density at radius 3 is 2.59 bits per heavy atom. The number of rotatable bonds is 3. The van der Waals surface area contributed by atoms with E-state index in [-0.39, 0.29) is 5.91 Å². The first-order valence-corrected chi connectivity index (χ1v) is 6.92. The maximum atomic E-state index is 12.2.